The molecule has 0 amide bonds. The Hall–Kier alpha value is -2.50. The van der Waals surface area contributed by atoms with E-state index >= 15 is 0 Å². The molecule has 5 nitrogen and oxygen atoms in total. The Bertz CT molecular complexity index is 676. The molecule has 0 aliphatic rings. The minimum atomic E-state index is -1.12. The normalized spacial score (nSPS) is 12.0. The van der Waals surface area contributed by atoms with E-state index in [1.807, 2.05) is 6.92 Å². The number of halogens is 1. The molecule has 2 rings (SSSR count). The van der Waals surface area contributed by atoms with Crippen LogP contribution in [-0.4, -0.2) is 28.1 Å². The van der Waals surface area contributed by atoms with Gasteiger partial charge in [-0.2, -0.15) is 0 Å². The number of aromatic nitrogens is 2. The summed E-state index contributed by atoms with van der Waals surface area (Å²) in [4.78, 5) is 20.9. The van der Waals surface area contributed by atoms with Crippen LogP contribution < -0.4 is 4.90 Å². The van der Waals surface area contributed by atoms with E-state index < -0.39 is 5.97 Å². The zero-order chi connectivity index (χ0) is 15.6. The van der Waals surface area contributed by atoms with Crippen molar-refractivity contribution in [2.45, 2.75) is 19.9 Å². The van der Waals surface area contributed by atoms with E-state index in [1.165, 1.54) is 12.1 Å². The summed E-state index contributed by atoms with van der Waals surface area (Å²) in [5.41, 5.74) is 0.969. The van der Waals surface area contributed by atoms with Gasteiger partial charge < -0.3 is 10.0 Å². The number of anilines is 1. The molecule has 2 aromatic rings. The van der Waals surface area contributed by atoms with Crippen LogP contribution in [0.2, 0.25) is 0 Å². The highest BCUT2D eigenvalue weighted by Gasteiger charge is 2.19. The molecule has 1 unspecified atom stereocenters. The van der Waals surface area contributed by atoms with E-state index in [2.05, 4.69) is 9.97 Å². The smallest absolute Gasteiger partial charge is 0.354 e. The Morgan fingerprint density at radius 1 is 1.33 bits per heavy atom. The third kappa shape index (κ3) is 3.16. The van der Waals surface area contributed by atoms with E-state index in [-0.39, 0.29) is 23.5 Å². The summed E-state index contributed by atoms with van der Waals surface area (Å²) in [6.45, 7) is 3.50. The zero-order valence-corrected chi connectivity index (χ0v) is 12.0. The fourth-order valence-corrected chi connectivity index (χ4v) is 2.02. The molecule has 1 heterocycles. The monoisotopic (exact) mass is 289 g/mol. The third-order valence-corrected chi connectivity index (χ3v) is 3.31. The summed E-state index contributed by atoms with van der Waals surface area (Å²) in [5.74, 6) is -1.18. The standard InChI is InChI=1S/C15H16FN3O2/c1-9-8-13(14(20)21)18-15(17-9)19(3)10(2)11-6-4-5-7-12(11)16/h4-8,10H,1-3H3,(H,20,21). The first-order valence-corrected chi connectivity index (χ1v) is 6.46. The quantitative estimate of drug-likeness (QED) is 0.937. The first-order valence-electron chi connectivity index (χ1n) is 6.46. The van der Waals surface area contributed by atoms with Crippen LogP contribution in [0.15, 0.2) is 30.3 Å². The Kier molecular flexibility index (Phi) is 4.16. The van der Waals surface area contributed by atoms with Crippen LogP contribution in [0.25, 0.3) is 0 Å². The van der Waals surface area contributed by atoms with Crippen molar-refractivity contribution in [1.82, 2.24) is 9.97 Å². The van der Waals surface area contributed by atoms with Crippen molar-refractivity contribution in [2.24, 2.45) is 0 Å². The molecule has 6 heteroatoms. The SMILES string of the molecule is Cc1cc(C(=O)O)nc(N(C)C(C)c2ccccc2F)n1. The molecule has 0 saturated carbocycles. The maximum absolute atomic E-state index is 13.8. The van der Waals surface area contributed by atoms with Crippen molar-refractivity contribution in [3.05, 3.63) is 53.1 Å². The van der Waals surface area contributed by atoms with Crippen LogP contribution in [0.3, 0.4) is 0 Å². The number of aromatic carboxylic acids is 1. The number of carboxylic acids is 1. The maximum Gasteiger partial charge on any atom is 0.354 e. The van der Waals surface area contributed by atoms with Crippen LogP contribution in [-0.2, 0) is 0 Å². The molecule has 0 spiro atoms. The van der Waals surface area contributed by atoms with E-state index in [0.717, 1.165) is 0 Å². The summed E-state index contributed by atoms with van der Waals surface area (Å²) in [7, 11) is 1.71. The Morgan fingerprint density at radius 3 is 2.62 bits per heavy atom. The lowest BCUT2D eigenvalue weighted by molar-refractivity contribution is 0.0690. The van der Waals surface area contributed by atoms with Gasteiger partial charge in [0.15, 0.2) is 5.69 Å². The summed E-state index contributed by atoms with van der Waals surface area (Å²) in [5, 5.41) is 9.05. The molecule has 1 aromatic carbocycles. The first-order chi connectivity index (χ1) is 9.90. The first kappa shape index (κ1) is 14.9. The Morgan fingerprint density at radius 2 is 2.00 bits per heavy atom. The van der Waals surface area contributed by atoms with Gasteiger partial charge in [-0.3, -0.25) is 0 Å². The highest BCUT2D eigenvalue weighted by Crippen LogP contribution is 2.25. The second-order valence-corrected chi connectivity index (χ2v) is 4.81. The Balaban J connectivity index is 2.38. The van der Waals surface area contributed by atoms with Crippen molar-refractivity contribution in [2.75, 3.05) is 11.9 Å². The highest BCUT2D eigenvalue weighted by molar-refractivity contribution is 5.85. The molecule has 0 aliphatic carbocycles. The second kappa shape index (κ2) is 5.87. The van der Waals surface area contributed by atoms with E-state index in [9.17, 15) is 9.18 Å². The number of nitrogens with zero attached hydrogens (tertiary/aromatic N) is 3. The molecule has 1 aromatic heterocycles. The predicted molar refractivity (Wildman–Crippen MR) is 76.9 cm³/mol. The van der Waals surface area contributed by atoms with Gasteiger partial charge in [0, 0.05) is 18.3 Å². The molecule has 21 heavy (non-hydrogen) atoms. The van der Waals surface area contributed by atoms with Gasteiger partial charge >= 0.3 is 5.97 Å². The van der Waals surface area contributed by atoms with Crippen LogP contribution >= 0.6 is 0 Å². The van der Waals surface area contributed by atoms with Gasteiger partial charge in [-0.15, -0.1) is 0 Å². The maximum atomic E-state index is 13.8. The van der Waals surface area contributed by atoms with Gasteiger partial charge in [-0.1, -0.05) is 18.2 Å². The van der Waals surface area contributed by atoms with Crippen LogP contribution in [0.5, 0.6) is 0 Å². The van der Waals surface area contributed by atoms with E-state index in [1.54, 1.807) is 37.1 Å². The molecule has 0 bridgehead atoms. The molecule has 110 valence electrons. The molecule has 0 saturated heterocycles. The molecular formula is C15H16FN3O2. The zero-order valence-electron chi connectivity index (χ0n) is 12.0. The lowest BCUT2D eigenvalue weighted by Crippen LogP contribution is -2.25. The van der Waals surface area contributed by atoms with Crippen molar-refractivity contribution in [1.29, 1.82) is 0 Å². The lowest BCUT2D eigenvalue weighted by Gasteiger charge is -2.26. The number of hydrogen-bond acceptors (Lipinski definition) is 4. The second-order valence-electron chi connectivity index (χ2n) is 4.81. The third-order valence-electron chi connectivity index (χ3n) is 3.31. The largest absolute Gasteiger partial charge is 0.477 e. The van der Waals surface area contributed by atoms with Crippen molar-refractivity contribution in [3.63, 3.8) is 0 Å². The van der Waals surface area contributed by atoms with Gasteiger partial charge in [0.05, 0.1) is 6.04 Å². The van der Waals surface area contributed by atoms with Gasteiger partial charge in [0.1, 0.15) is 5.82 Å². The van der Waals surface area contributed by atoms with E-state index in [4.69, 9.17) is 5.11 Å². The number of hydrogen-bond donors (Lipinski definition) is 1. The summed E-state index contributed by atoms with van der Waals surface area (Å²) in [6.07, 6.45) is 0. The van der Waals surface area contributed by atoms with Crippen LogP contribution in [0, 0.1) is 12.7 Å². The molecule has 0 fully saturated rings. The number of rotatable bonds is 4. The molecule has 1 N–H and O–H groups in total. The minimum absolute atomic E-state index is 0.0786. The van der Waals surface area contributed by atoms with Gasteiger partial charge in [0.2, 0.25) is 5.95 Å². The average Bonchev–Trinajstić information content (AvgIpc) is 2.45. The van der Waals surface area contributed by atoms with Crippen molar-refractivity contribution in [3.8, 4) is 0 Å². The van der Waals surface area contributed by atoms with Crippen LogP contribution in [0.4, 0.5) is 10.3 Å². The van der Waals surface area contributed by atoms with Crippen molar-refractivity contribution >= 4 is 11.9 Å². The van der Waals surface area contributed by atoms with Gasteiger partial charge in [0.25, 0.3) is 0 Å². The topological polar surface area (TPSA) is 66.3 Å². The number of aryl methyl sites for hydroxylation is 1. The molecule has 0 aliphatic heterocycles. The molecule has 0 radical (unpaired) electrons. The molecule has 1 atom stereocenters. The summed E-state index contributed by atoms with van der Waals surface area (Å²) >= 11 is 0. The minimum Gasteiger partial charge on any atom is -0.477 e. The van der Waals surface area contributed by atoms with Gasteiger partial charge in [-0.25, -0.2) is 19.2 Å². The van der Waals surface area contributed by atoms with Crippen molar-refractivity contribution < 1.29 is 14.3 Å². The summed E-state index contributed by atoms with van der Waals surface area (Å²) < 4.78 is 13.8. The summed E-state index contributed by atoms with van der Waals surface area (Å²) in [6, 6.07) is 7.52. The number of benzene rings is 1. The van der Waals surface area contributed by atoms with E-state index in [0.29, 0.717) is 11.3 Å². The lowest BCUT2D eigenvalue weighted by atomic mass is 10.1. The fourth-order valence-electron chi connectivity index (χ4n) is 2.02. The fraction of sp³-hybridized carbons (Fsp3) is 0.267. The predicted octanol–water partition coefficient (Wildman–Crippen LogP) is 2.82. The van der Waals surface area contributed by atoms with Crippen LogP contribution in [0.1, 0.15) is 34.7 Å². The Labute approximate surface area is 122 Å². The average molecular weight is 289 g/mol. The number of carboxylic acid groups (broad SMARTS) is 1. The highest BCUT2D eigenvalue weighted by atomic mass is 19.1. The number of carbonyl (C=O) groups is 1. The van der Waals surface area contributed by atoms with Gasteiger partial charge in [-0.05, 0) is 26.0 Å². The molecular weight excluding hydrogens is 273 g/mol.